The minimum Gasteiger partial charge on any atom is -0.369 e. The van der Waals surface area contributed by atoms with Crippen molar-refractivity contribution in [2.24, 2.45) is 22.6 Å². The van der Waals surface area contributed by atoms with Gasteiger partial charge in [-0.1, -0.05) is 42.5 Å². The molecule has 2 aromatic rings. The molecular formula is C25H23F7N4O3. The number of hydrogen-bond acceptors (Lipinski definition) is 4. The van der Waals surface area contributed by atoms with E-state index in [9.17, 15) is 45.1 Å². The monoisotopic (exact) mass is 560 g/mol. The Balaban J connectivity index is 1.99. The summed E-state index contributed by atoms with van der Waals surface area (Å²) in [6, 6.07) is 11.9. The van der Waals surface area contributed by atoms with Gasteiger partial charge in [0.25, 0.3) is 5.91 Å². The first-order chi connectivity index (χ1) is 18.2. The van der Waals surface area contributed by atoms with Crippen LogP contribution in [0.3, 0.4) is 0 Å². The van der Waals surface area contributed by atoms with E-state index in [1.54, 1.807) is 30.3 Å². The van der Waals surface area contributed by atoms with Crippen molar-refractivity contribution in [1.82, 2.24) is 5.32 Å². The summed E-state index contributed by atoms with van der Waals surface area (Å²) in [6.07, 6.45) is -16.7. The summed E-state index contributed by atoms with van der Waals surface area (Å²) in [4.78, 5) is 42.3. The van der Waals surface area contributed by atoms with Crippen LogP contribution in [0.25, 0.3) is 0 Å². The van der Waals surface area contributed by atoms with Crippen LogP contribution >= 0.6 is 0 Å². The zero-order valence-electron chi connectivity index (χ0n) is 20.1. The Labute approximate surface area is 217 Å². The standard InChI is InChI=1S/C25H23F7N4O3/c26-17-8-4-7-16-18(13-5-2-1-3-6-13)34-21(23(39)35-19(16)17)36-22(38)15(10-12-25(30,31)32)14(20(33)37)9-11-24(27,28)29/h1-8,14-15,21H,9-12H2,(H2,33,37)(H,35,39)(H,36,38)/t14-,15+,21-/m1/s1. The van der Waals surface area contributed by atoms with Gasteiger partial charge in [-0.05, 0) is 18.9 Å². The molecule has 210 valence electrons. The SMILES string of the molecule is NC(=O)[C@H](CCC(F)(F)F)[C@H](CCC(F)(F)F)C(=O)N[C@H]1N=C(c2ccccc2)c2cccc(F)c2NC1=O. The number of nitrogens with zero attached hydrogens (tertiary/aromatic N) is 1. The van der Waals surface area contributed by atoms with E-state index < -0.39 is 79.6 Å². The van der Waals surface area contributed by atoms with Gasteiger partial charge >= 0.3 is 12.4 Å². The Morgan fingerprint density at radius 2 is 1.51 bits per heavy atom. The number of nitrogens with two attached hydrogens (primary N) is 1. The molecule has 0 saturated carbocycles. The molecule has 1 heterocycles. The predicted molar refractivity (Wildman–Crippen MR) is 126 cm³/mol. The molecule has 7 nitrogen and oxygen atoms in total. The molecule has 0 saturated heterocycles. The fraction of sp³-hybridized carbons (Fsp3) is 0.360. The first-order valence-electron chi connectivity index (χ1n) is 11.6. The fourth-order valence-electron chi connectivity index (χ4n) is 4.16. The van der Waals surface area contributed by atoms with Crippen molar-refractivity contribution >= 4 is 29.1 Å². The molecule has 0 unspecified atom stereocenters. The number of aliphatic imine (C=N–C) groups is 1. The van der Waals surface area contributed by atoms with Gasteiger partial charge in [0.15, 0.2) is 0 Å². The van der Waals surface area contributed by atoms with Crippen LogP contribution in [0, 0.1) is 17.7 Å². The Kier molecular flexibility index (Phi) is 8.97. The summed E-state index contributed by atoms with van der Waals surface area (Å²) in [5.41, 5.74) is 5.50. The molecule has 2 aromatic carbocycles. The van der Waals surface area contributed by atoms with Crippen molar-refractivity contribution < 1.29 is 45.1 Å². The van der Waals surface area contributed by atoms with Gasteiger partial charge in [-0.25, -0.2) is 9.38 Å². The number of nitrogens with one attached hydrogen (secondary N) is 2. The van der Waals surface area contributed by atoms with Gasteiger partial charge < -0.3 is 16.4 Å². The molecule has 0 spiro atoms. The largest absolute Gasteiger partial charge is 0.389 e. The lowest BCUT2D eigenvalue weighted by molar-refractivity contribution is -0.152. The number of halogens is 7. The number of rotatable bonds is 9. The number of carbonyl (C=O) groups is 3. The zero-order chi connectivity index (χ0) is 29.0. The summed E-state index contributed by atoms with van der Waals surface area (Å²) in [5.74, 6) is -8.53. The number of fused-ring (bicyclic) bond motifs is 1. The van der Waals surface area contributed by atoms with Crippen LogP contribution in [0.15, 0.2) is 53.5 Å². The zero-order valence-corrected chi connectivity index (χ0v) is 20.1. The summed E-state index contributed by atoms with van der Waals surface area (Å²) >= 11 is 0. The van der Waals surface area contributed by atoms with Gasteiger partial charge in [0.1, 0.15) is 5.82 Å². The molecule has 3 amide bonds. The normalized spacial score (nSPS) is 17.3. The van der Waals surface area contributed by atoms with Crippen molar-refractivity contribution in [3.8, 4) is 0 Å². The third-order valence-corrected chi connectivity index (χ3v) is 6.02. The van der Waals surface area contributed by atoms with Crippen LogP contribution in [0.4, 0.5) is 36.4 Å². The lowest BCUT2D eigenvalue weighted by atomic mass is 9.83. The smallest absolute Gasteiger partial charge is 0.369 e. The van der Waals surface area contributed by atoms with E-state index in [0.717, 1.165) is 6.07 Å². The number of hydrogen-bond donors (Lipinski definition) is 3. The second kappa shape index (κ2) is 11.8. The molecule has 0 radical (unpaired) electrons. The molecule has 1 aliphatic heterocycles. The number of anilines is 1. The lowest BCUT2D eigenvalue weighted by Gasteiger charge is -2.26. The van der Waals surface area contributed by atoms with Crippen LogP contribution in [-0.2, 0) is 14.4 Å². The van der Waals surface area contributed by atoms with Crippen LogP contribution in [-0.4, -0.2) is 42.0 Å². The number of carbonyl (C=O) groups excluding carboxylic acids is 3. The van der Waals surface area contributed by atoms with Gasteiger partial charge in [0, 0.05) is 35.8 Å². The molecule has 0 fully saturated rings. The highest BCUT2D eigenvalue weighted by atomic mass is 19.4. The van der Waals surface area contributed by atoms with Crippen molar-refractivity contribution in [3.05, 3.63) is 65.5 Å². The lowest BCUT2D eigenvalue weighted by Crippen LogP contribution is -2.48. The third kappa shape index (κ3) is 8.01. The van der Waals surface area contributed by atoms with Crippen LogP contribution in [0.5, 0.6) is 0 Å². The average molecular weight is 560 g/mol. The number of amides is 3. The van der Waals surface area contributed by atoms with Crippen molar-refractivity contribution in [2.75, 3.05) is 5.32 Å². The second-order valence-corrected chi connectivity index (χ2v) is 8.83. The van der Waals surface area contributed by atoms with Gasteiger partial charge in [-0.15, -0.1) is 0 Å². The van der Waals surface area contributed by atoms with E-state index in [1.807, 2.05) is 0 Å². The van der Waals surface area contributed by atoms with E-state index in [2.05, 4.69) is 15.6 Å². The summed E-state index contributed by atoms with van der Waals surface area (Å²) in [6.45, 7) is 0. The summed E-state index contributed by atoms with van der Waals surface area (Å²) in [5, 5.41) is 4.39. The molecule has 39 heavy (non-hydrogen) atoms. The minimum absolute atomic E-state index is 0.0455. The Morgan fingerprint density at radius 3 is 2.08 bits per heavy atom. The first-order valence-corrected chi connectivity index (χ1v) is 11.6. The summed E-state index contributed by atoms with van der Waals surface area (Å²) < 4.78 is 92.0. The summed E-state index contributed by atoms with van der Waals surface area (Å²) in [7, 11) is 0. The number of alkyl halides is 6. The Hall–Kier alpha value is -3.97. The van der Waals surface area contributed by atoms with E-state index in [4.69, 9.17) is 5.73 Å². The molecule has 4 N–H and O–H groups in total. The number of benzene rings is 2. The van der Waals surface area contributed by atoms with Gasteiger partial charge in [0.2, 0.25) is 18.0 Å². The fourth-order valence-corrected chi connectivity index (χ4v) is 4.16. The number of benzodiazepines with no additional fused rings is 1. The molecule has 0 bridgehead atoms. The highest BCUT2D eigenvalue weighted by Crippen LogP contribution is 2.33. The van der Waals surface area contributed by atoms with E-state index in [-0.39, 0.29) is 17.0 Å². The molecule has 0 aromatic heterocycles. The van der Waals surface area contributed by atoms with E-state index in [0.29, 0.717) is 5.56 Å². The number of para-hydroxylation sites is 1. The molecule has 3 rings (SSSR count). The maximum absolute atomic E-state index is 14.6. The van der Waals surface area contributed by atoms with E-state index in [1.165, 1.54) is 12.1 Å². The van der Waals surface area contributed by atoms with Gasteiger partial charge in [-0.3, -0.25) is 14.4 Å². The van der Waals surface area contributed by atoms with Crippen molar-refractivity contribution in [2.45, 2.75) is 44.2 Å². The van der Waals surface area contributed by atoms with Crippen LogP contribution < -0.4 is 16.4 Å². The van der Waals surface area contributed by atoms with Crippen LogP contribution in [0.1, 0.15) is 36.8 Å². The predicted octanol–water partition coefficient (Wildman–Crippen LogP) is 4.46. The molecule has 0 aliphatic carbocycles. The van der Waals surface area contributed by atoms with Crippen LogP contribution in [0.2, 0.25) is 0 Å². The highest BCUT2D eigenvalue weighted by molar-refractivity contribution is 6.20. The quantitative estimate of drug-likeness (QED) is 0.394. The molecule has 3 atom stereocenters. The minimum atomic E-state index is -4.80. The topological polar surface area (TPSA) is 114 Å². The Morgan fingerprint density at radius 1 is 0.923 bits per heavy atom. The van der Waals surface area contributed by atoms with Gasteiger partial charge in [-0.2, -0.15) is 26.3 Å². The maximum atomic E-state index is 14.6. The van der Waals surface area contributed by atoms with Crippen molar-refractivity contribution in [3.63, 3.8) is 0 Å². The number of primary amides is 1. The second-order valence-electron chi connectivity index (χ2n) is 8.83. The molecule has 1 aliphatic rings. The Bertz CT molecular complexity index is 1250. The highest BCUT2D eigenvalue weighted by Gasteiger charge is 2.40. The van der Waals surface area contributed by atoms with Gasteiger partial charge in [0.05, 0.1) is 11.4 Å². The van der Waals surface area contributed by atoms with E-state index >= 15 is 0 Å². The first kappa shape index (κ1) is 29.6. The molecule has 14 heteroatoms. The molecular weight excluding hydrogens is 537 g/mol. The maximum Gasteiger partial charge on any atom is 0.389 e. The van der Waals surface area contributed by atoms with Crippen molar-refractivity contribution in [1.29, 1.82) is 0 Å². The average Bonchev–Trinajstić information content (AvgIpc) is 2.97. The third-order valence-electron chi connectivity index (χ3n) is 6.02.